The summed E-state index contributed by atoms with van der Waals surface area (Å²) < 4.78 is 37.2. The number of sulfonamides is 1. The van der Waals surface area contributed by atoms with E-state index in [1.807, 2.05) is 13.8 Å². The van der Waals surface area contributed by atoms with Crippen LogP contribution in [-0.2, 0) is 19.6 Å². The highest BCUT2D eigenvalue weighted by molar-refractivity contribution is 7.93. The van der Waals surface area contributed by atoms with E-state index in [1.165, 1.54) is 24.3 Å². The number of nitro groups is 1. The van der Waals surface area contributed by atoms with Crippen molar-refractivity contribution in [3.63, 3.8) is 0 Å². The van der Waals surface area contributed by atoms with Crippen LogP contribution in [0.2, 0.25) is 0 Å². The van der Waals surface area contributed by atoms with Gasteiger partial charge in [0.25, 0.3) is 15.7 Å². The van der Waals surface area contributed by atoms with E-state index in [0.29, 0.717) is 5.75 Å². The Labute approximate surface area is 162 Å². The SMILES string of the molecule is COC(=O)CN(c1ccc(OC(C)C)cc1)S(=O)(=O)c1ccccc1[N+](=O)[O-]. The summed E-state index contributed by atoms with van der Waals surface area (Å²) in [4.78, 5) is 21.8. The third kappa shape index (κ3) is 4.77. The number of benzene rings is 2. The molecule has 0 aliphatic rings. The first-order valence-corrected chi connectivity index (χ1v) is 9.70. The number of hydrogen-bond acceptors (Lipinski definition) is 7. The van der Waals surface area contributed by atoms with Crippen LogP contribution in [0.4, 0.5) is 11.4 Å². The molecule has 9 nitrogen and oxygen atoms in total. The van der Waals surface area contributed by atoms with Crippen molar-refractivity contribution in [1.29, 1.82) is 0 Å². The molecule has 0 N–H and O–H groups in total. The number of carbonyl (C=O) groups is 1. The molecule has 0 fully saturated rings. The van der Waals surface area contributed by atoms with Gasteiger partial charge >= 0.3 is 5.97 Å². The Morgan fingerprint density at radius 3 is 2.29 bits per heavy atom. The first-order chi connectivity index (χ1) is 13.2. The number of esters is 1. The second-order valence-corrected chi connectivity index (χ2v) is 7.80. The topological polar surface area (TPSA) is 116 Å². The van der Waals surface area contributed by atoms with Crippen LogP contribution in [0.5, 0.6) is 5.75 Å². The highest BCUT2D eigenvalue weighted by Gasteiger charge is 2.33. The molecule has 0 saturated heterocycles. The van der Waals surface area contributed by atoms with Gasteiger partial charge in [0.15, 0.2) is 4.90 Å². The largest absolute Gasteiger partial charge is 0.491 e. The quantitative estimate of drug-likeness (QED) is 0.374. The van der Waals surface area contributed by atoms with Gasteiger partial charge in [-0.1, -0.05) is 12.1 Å². The first-order valence-electron chi connectivity index (χ1n) is 8.26. The van der Waals surface area contributed by atoms with Gasteiger partial charge in [-0.25, -0.2) is 8.42 Å². The van der Waals surface area contributed by atoms with E-state index >= 15 is 0 Å². The summed E-state index contributed by atoms with van der Waals surface area (Å²) in [6.45, 7) is 3.04. The average molecular weight is 408 g/mol. The van der Waals surface area contributed by atoms with E-state index in [0.717, 1.165) is 23.5 Å². The van der Waals surface area contributed by atoms with Gasteiger partial charge in [-0.3, -0.25) is 19.2 Å². The maximum Gasteiger partial charge on any atom is 0.326 e. The zero-order valence-corrected chi connectivity index (χ0v) is 16.4. The van der Waals surface area contributed by atoms with Gasteiger partial charge in [0, 0.05) is 6.07 Å². The summed E-state index contributed by atoms with van der Waals surface area (Å²) in [6, 6.07) is 10.9. The Bertz CT molecular complexity index is 956. The fourth-order valence-corrected chi connectivity index (χ4v) is 3.97. The molecule has 0 bridgehead atoms. The molecule has 0 radical (unpaired) electrons. The van der Waals surface area contributed by atoms with Crippen LogP contribution in [0.1, 0.15) is 13.8 Å². The minimum absolute atomic E-state index is 0.0762. The standard InChI is InChI=1S/C18H20N2O7S/c1-13(2)27-15-10-8-14(9-11-15)19(12-18(21)26-3)28(24,25)17-7-5-4-6-16(17)20(22)23/h4-11,13H,12H2,1-3H3. The lowest BCUT2D eigenvalue weighted by atomic mass is 10.3. The smallest absolute Gasteiger partial charge is 0.326 e. The van der Waals surface area contributed by atoms with Crippen molar-refractivity contribution in [2.24, 2.45) is 0 Å². The predicted octanol–water partition coefficient (Wildman–Crippen LogP) is 2.75. The number of nitrogens with zero attached hydrogens (tertiary/aromatic N) is 2. The molecule has 2 rings (SSSR count). The minimum Gasteiger partial charge on any atom is -0.491 e. The predicted molar refractivity (Wildman–Crippen MR) is 102 cm³/mol. The van der Waals surface area contributed by atoms with Gasteiger partial charge in [-0.2, -0.15) is 0 Å². The third-order valence-electron chi connectivity index (χ3n) is 3.63. The van der Waals surface area contributed by atoms with Gasteiger partial charge in [-0.15, -0.1) is 0 Å². The number of anilines is 1. The Morgan fingerprint density at radius 1 is 1.14 bits per heavy atom. The van der Waals surface area contributed by atoms with Gasteiger partial charge in [0.2, 0.25) is 0 Å². The Balaban J connectivity index is 2.54. The Kier molecular flexibility index (Phi) is 6.57. The number of ether oxygens (including phenoxy) is 2. The molecular weight excluding hydrogens is 388 g/mol. The van der Waals surface area contributed by atoms with Gasteiger partial charge in [0.1, 0.15) is 12.3 Å². The summed E-state index contributed by atoms with van der Waals surface area (Å²) >= 11 is 0. The van der Waals surface area contributed by atoms with Crippen LogP contribution in [0.15, 0.2) is 53.4 Å². The molecule has 28 heavy (non-hydrogen) atoms. The second kappa shape index (κ2) is 8.70. The monoisotopic (exact) mass is 408 g/mol. The number of rotatable bonds is 8. The van der Waals surface area contributed by atoms with Crippen LogP contribution < -0.4 is 9.04 Å². The molecule has 150 valence electrons. The van der Waals surface area contributed by atoms with Crippen LogP contribution in [0, 0.1) is 10.1 Å². The fraction of sp³-hybridized carbons (Fsp3) is 0.278. The van der Waals surface area contributed by atoms with Crippen molar-refractivity contribution >= 4 is 27.4 Å². The van der Waals surface area contributed by atoms with E-state index < -0.39 is 38.0 Å². The van der Waals surface area contributed by atoms with Crippen LogP contribution >= 0.6 is 0 Å². The van der Waals surface area contributed by atoms with Crippen molar-refractivity contribution in [3.8, 4) is 5.75 Å². The third-order valence-corrected chi connectivity index (χ3v) is 5.45. The molecule has 0 saturated carbocycles. The second-order valence-electron chi connectivity index (χ2n) is 5.97. The summed E-state index contributed by atoms with van der Waals surface area (Å²) in [6.07, 6.45) is -0.0762. The van der Waals surface area contributed by atoms with Crippen molar-refractivity contribution < 1.29 is 27.6 Å². The lowest BCUT2D eigenvalue weighted by Gasteiger charge is -2.23. The molecule has 0 spiro atoms. The van der Waals surface area contributed by atoms with E-state index in [4.69, 9.17) is 4.74 Å². The molecule has 2 aromatic rings. The minimum atomic E-state index is -4.42. The van der Waals surface area contributed by atoms with E-state index in [2.05, 4.69) is 4.74 Å². The summed E-state index contributed by atoms with van der Waals surface area (Å²) in [7, 11) is -3.30. The maximum absolute atomic E-state index is 13.2. The number of para-hydroxylation sites is 1. The van der Waals surface area contributed by atoms with Gasteiger partial charge in [0.05, 0.1) is 23.8 Å². The number of nitro benzene ring substituents is 1. The summed E-state index contributed by atoms with van der Waals surface area (Å²) in [5.41, 5.74) is -0.447. The zero-order chi connectivity index (χ0) is 20.9. The average Bonchev–Trinajstić information content (AvgIpc) is 2.66. The maximum atomic E-state index is 13.2. The lowest BCUT2D eigenvalue weighted by molar-refractivity contribution is -0.387. The molecule has 0 aliphatic carbocycles. The number of carbonyl (C=O) groups excluding carboxylic acids is 1. The molecule has 0 unspecified atom stereocenters. The Morgan fingerprint density at radius 2 is 1.75 bits per heavy atom. The lowest BCUT2D eigenvalue weighted by Crippen LogP contribution is -2.36. The Hall–Kier alpha value is -3.14. The normalized spacial score (nSPS) is 11.1. The van der Waals surface area contributed by atoms with Crippen LogP contribution in [-0.4, -0.2) is 39.1 Å². The highest BCUT2D eigenvalue weighted by atomic mass is 32.2. The van der Waals surface area contributed by atoms with Crippen LogP contribution in [0.25, 0.3) is 0 Å². The molecule has 0 atom stereocenters. The zero-order valence-electron chi connectivity index (χ0n) is 15.6. The molecular formula is C18H20N2O7S. The van der Waals surface area contributed by atoms with Gasteiger partial charge in [-0.05, 0) is 44.2 Å². The molecule has 10 heteroatoms. The highest BCUT2D eigenvalue weighted by Crippen LogP contribution is 2.30. The van der Waals surface area contributed by atoms with E-state index in [-0.39, 0.29) is 11.8 Å². The number of hydrogen-bond donors (Lipinski definition) is 0. The molecule has 0 amide bonds. The van der Waals surface area contributed by atoms with Crippen molar-refractivity contribution in [2.75, 3.05) is 18.0 Å². The fourth-order valence-electron chi connectivity index (χ4n) is 2.40. The molecule has 2 aromatic carbocycles. The molecule has 0 aliphatic heterocycles. The molecule has 0 heterocycles. The summed E-state index contributed by atoms with van der Waals surface area (Å²) in [5, 5.41) is 11.3. The molecule has 0 aromatic heterocycles. The van der Waals surface area contributed by atoms with Crippen molar-refractivity contribution in [3.05, 3.63) is 58.6 Å². The summed E-state index contributed by atoms with van der Waals surface area (Å²) in [5.74, 6) is -0.301. The first kappa shape index (κ1) is 21.2. The van der Waals surface area contributed by atoms with E-state index in [1.54, 1.807) is 12.1 Å². The van der Waals surface area contributed by atoms with Crippen LogP contribution in [0.3, 0.4) is 0 Å². The number of methoxy groups -OCH3 is 1. The van der Waals surface area contributed by atoms with Gasteiger partial charge < -0.3 is 9.47 Å². The van der Waals surface area contributed by atoms with Crippen molar-refractivity contribution in [2.45, 2.75) is 24.8 Å². The van der Waals surface area contributed by atoms with Crippen molar-refractivity contribution in [1.82, 2.24) is 0 Å². The van der Waals surface area contributed by atoms with E-state index in [9.17, 15) is 23.3 Å².